The lowest BCUT2D eigenvalue weighted by molar-refractivity contribution is -0.385. The van der Waals surface area contributed by atoms with Crippen LogP contribution >= 0.6 is 15.9 Å². The van der Waals surface area contributed by atoms with Crippen molar-refractivity contribution in [1.29, 1.82) is 0 Å². The van der Waals surface area contributed by atoms with Crippen molar-refractivity contribution in [2.75, 3.05) is 7.11 Å². The monoisotopic (exact) mass is 389 g/mol. The van der Waals surface area contributed by atoms with Gasteiger partial charge < -0.3 is 4.74 Å². The number of hydrogen-bond acceptors (Lipinski definition) is 5. The molecule has 0 atom stereocenters. The van der Waals surface area contributed by atoms with Gasteiger partial charge in [0.05, 0.1) is 33.7 Å². The molecule has 0 saturated heterocycles. The van der Waals surface area contributed by atoms with Gasteiger partial charge >= 0.3 is 0 Å². The summed E-state index contributed by atoms with van der Waals surface area (Å²) in [4.78, 5) is 27.7. The van der Waals surface area contributed by atoms with E-state index in [1.165, 1.54) is 24.1 Å². The molecular formula is C16H12BrN3O4. The molecule has 8 heteroatoms. The van der Waals surface area contributed by atoms with Gasteiger partial charge in [0.15, 0.2) is 0 Å². The maximum atomic E-state index is 12.6. The van der Waals surface area contributed by atoms with E-state index in [9.17, 15) is 14.9 Å². The predicted molar refractivity (Wildman–Crippen MR) is 92.4 cm³/mol. The number of aromatic nitrogens is 2. The van der Waals surface area contributed by atoms with E-state index in [1.807, 2.05) is 0 Å². The highest BCUT2D eigenvalue weighted by Crippen LogP contribution is 2.23. The van der Waals surface area contributed by atoms with Gasteiger partial charge in [-0.15, -0.1) is 0 Å². The third-order valence-corrected chi connectivity index (χ3v) is 4.06. The highest BCUT2D eigenvalue weighted by molar-refractivity contribution is 9.10. The molecule has 0 aliphatic heterocycles. The van der Waals surface area contributed by atoms with Gasteiger partial charge in [0, 0.05) is 17.6 Å². The third kappa shape index (κ3) is 2.93. The van der Waals surface area contributed by atoms with Gasteiger partial charge in [-0.2, -0.15) is 0 Å². The molecule has 0 radical (unpaired) electrons. The third-order valence-electron chi connectivity index (χ3n) is 3.56. The summed E-state index contributed by atoms with van der Waals surface area (Å²) in [5.41, 5.74) is 0.982. The topological polar surface area (TPSA) is 87.3 Å². The minimum absolute atomic E-state index is 0.0999. The number of nitrogens with zero attached hydrogens (tertiary/aromatic N) is 3. The number of methoxy groups -OCH3 is 1. The largest absolute Gasteiger partial charge is 0.380 e. The average molecular weight is 390 g/mol. The summed E-state index contributed by atoms with van der Waals surface area (Å²) >= 11 is 3.33. The van der Waals surface area contributed by atoms with Crippen molar-refractivity contribution >= 4 is 32.5 Å². The lowest BCUT2D eigenvalue weighted by Gasteiger charge is -2.09. The second-order valence-electron chi connectivity index (χ2n) is 5.08. The summed E-state index contributed by atoms with van der Waals surface area (Å²) < 4.78 is 7.08. The Morgan fingerprint density at radius 2 is 2.08 bits per heavy atom. The lowest BCUT2D eigenvalue weighted by Crippen LogP contribution is -2.19. The molecule has 7 nitrogen and oxygen atoms in total. The Labute approximate surface area is 144 Å². The quantitative estimate of drug-likeness (QED) is 0.504. The molecule has 0 aliphatic carbocycles. The average Bonchev–Trinajstić information content (AvgIpc) is 2.55. The van der Waals surface area contributed by atoms with Crippen LogP contribution < -0.4 is 5.56 Å². The first-order valence-electron chi connectivity index (χ1n) is 6.95. The molecule has 24 heavy (non-hydrogen) atoms. The van der Waals surface area contributed by atoms with Crippen LogP contribution in [0.15, 0.2) is 52.0 Å². The maximum absolute atomic E-state index is 12.6. The van der Waals surface area contributed by atoms with E-state index in [-0.39, 0.29) is 17.9 Å². The summed E-state index contributed by atoms with van der Waals surface area (Å²) in [6.45, 7) is 0.121. The Kier molecular flexibility index (Phi) is 4.41. The van der Waals surface area contributed by atoms with Crippen molar-refractivity contribution in [2.45, 2.75) is 6.61 Å². The minimum atomic E-state index is -0.492. The van der Waals surface area contributed by atoms with Gasteiger partial charge in [-0.05, 0) is 30.3 Å². The van der Waals surface area contributed by atoms with E-state index >= 15 is 0 Å². The molecule has 0 amide bonds. The number of ether oxygens (including phenoxy) is 1. The minimum Gasteiger partial charge on any atom is -0.380 e. The maximum Gasteiger partial charge on any atom is 0.277 e. The summed E-state index contributed by atoms with van der Waals surface area (Å²) in [7, 11) is 1.47. The number of benzene rings is 2. The highest BCUT2D eigenvalue weighted by atomic mass is 79.9. The van der Waals surface area contributed by atoms with Crippen molar-refractivity contribution in [3.8, 4) is 5.69 Å². The second kappa shape index (κ2) is 6.50. The molecule has 0 aliphatic rings. The fourth-order valence-corrected chi connectivity index (χ4v) is 2.78. The molecule has 1 heterocycles. The van der Waals surface area contributed by atoms with Gasteiger partial charge in [0.1, 0.15) is 6.33 Å². The van der Waals surface area contributed by atoms with Gasteiger partial charge in [-0.3, -0.25) is 19.5 Å². The van der Waals surface area contributed by atoms with E-state index < -0.39 is 4.92 Å². The number of nitro groups is 1. The fraction of sp³-hybridized carbons (Fsp3) is 0.125. The van der Waals surface area contributed by atoms with Crippen molar-refractivity contribution in [3.63, 3.8) is 0 Å². The van der Waals surface area contributed by atoms with Gasteiger partial charge in [0.25, 0.3) is 11.2 Å². The normalized spacial score (nSPS) is 10.9. The zero-order chi connectivity index (χ0) is 17.3. The van der Waals surface area contributed by atoms with Crippen molar-refractivity contribution in [1.82, 2.24) is 9.55 Å². The van der Waals surface area contributed by atoms with E-state index in [1.54, 1.807) is 30.3 Å². The van der Waals surface area contributed by atoms with Gasteiger partial charge in [-0.1, -0.05) is 15.9 Å². The molecule has 2 aromatic carbocycles. The summed E-state index contributed by atoms with van der Waals surface area (Å²) in [6.07, 6.45) is 1.37. The van der Waals surface area contributed by atoms with E-state index in [0.29, 0.717) is 22.2 Å². The van der Waals surface area contributed by atoms with Crippen molar-refractivity contribution < 1.29 is 9.66 Å². The van der Waals surface area contributed by atoms with E-state index in [0.717, 1.165) is 4.47 Å². The smallest absolute Gasteiger partial charge is 0.277 e. The molecule has 1 aromatic heterocycles. The number of hydrogen-bond donors (Lipinski definition) is 0. The van der Waals surface area contributed by atoms with E-state index in [2.05, 4.69) is 20.9 Å². The van der Waals surface area contributed by atoms with Crippen LogP contribution in [-0.4, -0.2) is 21.6 Å². The van der Waals surface area contributed by atoms with Crippen LogP contribution in [0.2, 0.25) is 0 Å². The molecule has 0 N–H and O–H groups in total. The predicted octanol–water partition coefficient (Wildman–Crippen LogP) is 3.20. The van der Waals surface area contributed by atoms with Crippen LogP contribution in [0, 0.1) is 10.1 Å². The van der Waals surface area contributed by atoms with Gasteiger partial charge in [0.2, 0.25) is 0 Å². The Morgan fingerprint density at radius 3 is 2.79 bits per heavy atom. The van der Waals surface area contributed by atoms with Crippen LogP contribution in [0.25, 0.3) is 16.6 Å². The Hall–Kier alpha value is -2.58. The molecule has 0 bridgehead atoms. The van der Waals surface area contributed by atoms with Crippen molar-refractivity contribution in [2.24, 2.45) is 0 Å². The molecule has 0 spiro atoms. The number of nitro benzene ring substituents is 1. The molecule has 0 unspecified atom stereocenters. The molecule has 0 saturated carbocycles. The van der Waals surface area contributed by atoms with Crippen LogP contribution in [0.1, 0.15) is 5.56 Å². The molecule has 3 rings (SSSR count). The molecule has 122 valence electrons. The number of fused-ring (bicyclic) bond motifs is 1. The highest BCUT2D eigenvalue weighted by Gasteiger charge is 2.16. The summed E-state index contributed by atoms with van der Waals surface area (Å²) in [5.74, 6) is 0. The van der Waals surface area contributed by atoms with Gasteiger partial charge in [-0.25, -0.2) is 4.98 Å². The first-order chi connectivity index (χ1) is 11.5. The molecule has 3 aromatic rings. The van der Waals surface area contributed by atoms with Crippen LogP contribution in [0.4, 0.5) is 5.69 Å². The van der Waals surface area contributed by atoms with Crippen LogP contribution in [-0.2, 0) is 11.3 Å². The lowest BCUT2D eigenvalue weighted by atomic mass is 10.1. The Balaban J connectivity index is 2.19. The first kappa shape index (κ1) is 16.3. The SMILES string of the molecule is COCc1ccc(-n2cnc3cc(Br)ccc3c2=O)cc1[N+](=O)[O-]. The fourth-order valence-electron chi connectivity index (χ4n) is 2.43. The van der Waals surface area contributed by atoms with E-state index in [4.69, 9.17) is 4.74 Å². The Morgan fingerprint density at radius 1 is 1.29 bits per heavy atom. The zero-order valence-corrected chi connectivity index (χ0v) is 14.2. The number of rotatable bonds is 4. The number of halogens is 1. The first-order valence-corrected chi connectivity index (χ1v) is 7.74. The van der Waals surface area contributed by atoms with Crippen LogP contribution in [0.3, 0.4) is 0 Å². The second-order valence-corrected chi connectivity index (χ2v) is 6.00. The standard InChI is InChI=1S/C16H12BrN3O4/c1-24-8-10-2-4-12(7-15(10)20(22)23)19-9-18-14-6-11(17)3-5-13(14)16(19)21/h2-7,9H,8H2,1H3. The zero-order valence-electron chi connectivity index (χ0n) is 12.6. The molecule has 0 fully saturated rings. The van der Waals surface area contributed by atoms with Crippen LogP contribution in [0.5, 0.6) is 0 Å². The molecular weight excluding hydrogens is 378 g/mol. The summed E-state index contributed by atoms with van der Waals surface area (Å²) in [6, 6.07) is 9.72. The summed E-state index contributed by atoms with van der Waals surface area (Å²) in [5, 5.41) is 11.7. The Bertz CT molecular complexity index is 1000. The van der Waals surface area contributed by atoms with Crippen molar-refractivity contribution in [3.05, 3.63) is 73.2 Å².